The summed E-state index contributed by atoms with van der Waals surface area (Å²) in [6, 6.07) is 8.40. The van der Waals surface area contributed by atoms with E-state index in [0.717, 1.165) is 0 Å². The van der Waals surface area contributed by atoms with Crippen LogP contribution in [0.3, 0.4) is 0 Å². The average molecular weight is 212 g/mol. The van der Waals surface area contributed by atoms with Gasteiger partial charge in [0.15, 0.2) is 0 Å². The van der Waals surface area contributed by atoms with Gasteiger partial charge in [-0.1, -0.05) is 12.1 Å². The number of hydrogen-bond donors (Lipinski definition) is 0. The summed E-state index contributed by atoms with van der Waals surface area (Å²) in [7, 11) is 0. The second-order valence-corrected chi connectivity index (χ2v) is 4.19. The Labute approximate surface area is 91.2 Å². The molecule has 72 valence electrons. The van der Waals surface area contributed by atoms with E-state index in [1.165, 1.54) is 21.2 Å². The highest BCUT2D eigenvalue weighted by atomic mass is 32.1. The van der Waals surface area contributed by atoms with Gasteiger partial charge in [-0.2, -0.15) is 0 Å². The molecule has 15 heavy (non-hydrogen) atoms. The molecule has 0 fully saturated rings. The van der Waals surface area contributed by atoms with E-state index in [4.69, 9.17) is 0 Å². The SMILES string of the molecule is c1cc2cc(-c3cncs3)ccc2cn1. The molecule has 0 spiro atoms. The Balaban J connectivity index is 2.22. The van der Waals surface area contributed by atoms with Gasteiger partial charge in [0.05, 0.1) is 10.4 Å². The van der Waals surface area contributed by atoms with E-state index in [1.807, 2.05) is 30.2 Å². The molecule has 1 aromatic carbocycles. The first kappa shape index (κ1) is 8.56. The third-order valence-electron chi connectivity index (χ3n) is 2.36. The van der Waals surface area contributed by atoms with Crippen molar-refractivity contribution in [3.63, 3.8) is 0 Å². The van der Waals surface area contributed by atoms with Crippen LogP contribution in [0.1, 0.15) is 0 Å². The highest BCUT2D eigenvalue weighted by Crippen LogP contribution is 2.26. The standard InChI is InChI=1S/C12H8N2S/c1-2-11-6-13-4-3-9(11)5-10(1)12-7-14-8-15-12/h1-8H. The van der Waals surface area contributed by atoms with E-state index in [-0.39, 0.29) is 0 Å². The van der Waals surface area contributed by atoms with Crippen LogP contribution in [0.2, 0.25) is 0 Å². The monoisotopic (exact) mass is 212 g/mol. The predicted molar refractivity (Wildman–Crippen MR) is 62.9 cm³/mol. The summed E-state index contributed by atoms with van der Waals surface area (Å²) in [4.78, 5) is 9.38. The first-order valence-electron chi connectivity index (χ1n) is 4.66. The second kappa shape index (κ2) is 3.44. The van der Waals surface area contributed by atoms with Crippen LogP contribution in [0.25, 0.3) is 21.2 Å². The Hall–Kier alpha value is -1.74. The van der Waals surface area contributed by atoms with Gasteiger partial charge in [0.25, 0.3) is 0 Å². The van der Waals surface area contributed by atoms with E-state index in [0.29, 0.717) is 0 Å². The van der Waals surface area contributed by atoms with Crippen LogP contribution in [0, 0.1) is 0 Å². The number of fused-ring (bicyclic) bond motifs is 1. The topological polar surface area (TPSA) is 25.8 Å². The molecule has 0 unspecified atom stereocenters. The van der Waals surface area contributed by atoms with Gasteiger partial charge in [-0.15, -0.1) is 11.3 Å². The minimum atomic E-state index is 1.17. The summed E-state index contributed by atoms with van der Waals surface area (Å²) in [5.74, 6) is 0. The van der Waals surface area contributed by atoms with E-state index >= 15 is 0 Å². The fourth-order valence-electron chi connectivity index (χ4n) is 1.59. The van der Waals surface area contributed by atoms with Crippen molar-refractivity contribution in [1.82, 2.24) is 9.97 Å². The molecular weight excluding hydrogens is 204 g/mol. The number of benzene rings is 1. The molecule has 3 aromatic rings. The number of pyridine rings is 1. The van der Waals surface area contributed by atoms with Gasteiger partial charge in [-0.3, -0.25) is 9.97 Å². The van der Waals surface area contributed by atoms with E-state index in [1.54, 1.807) is 11.3 Å². The van der Waals surface area contributed by atoms with Crippen LogP contribution in [0.4, 0.5) is 0 Å². The molecule has 0 aliphatic carbocycles. The van der Waals surface area contributed by atoms with Gasteiger partial charge in [0.2, 0.25) is 0 Å². The molecule has 3 heteroatoms. The van der Waals surface area contributed by atoms with Gasteiger partial charge < -0.3 is 0 Å². The smallest absolute Gasteiger partial charge is 0.0797 e. The molecule has 0 atom stereocenters. The molecule has 0 bridgehead atoms. The Morgan fingerprint density at radius 1 is 0.933 bits per heavy atom. The normalized spacial score (nSPS) is 10.7. The number of hydrogen-bond acceptors (Lipinski definition) is 3. The summed E-state index contributed by atoms with van der Waals surface area (Å²) < 4.78 is 0. The summed E-state index contributed by atoms with van der Waals surface area (Å²) in [6.07, 6.45) is 5.59. The van der Waals surface area contributed by atoms with Crippen LogP contribution in [-0.4, -0.2) is 9.97 Å². The minimum absolute atomic E-state index is 1.17. The molecule has 0 N–H and O–H groups in total. The van der Waals surface area contributed by atoms with Crippen LogP contribution >= 0.6 is 11.3 Å². The zero-order valence-corrected chi connectivity index (χ0v) is 8.74. The zero-order chi connectivity index (χ0) is 10.1. The number of rotatable bonds is 1. The van der Waals surface area contributed by atoms with Crippen molar-refractivity contribution in [3.05, 3.63) is 48.4 Å². The molecular formula is C12H8N2S. The fraction of sp³-hybridized carbons (Fsp3) is 0. The average Bonchev–Trinajstić information content (AvgIpc) is 2.82. The van der Waals surface area contributed by atoms with Gasteiger partial charge >= 0.3 is 0 Å². The van der Waals surface area contributed by atoms with Crippen LogP contribution in [-0.2, 0) is 0 Å². The molecule has 2 nitrogen and oxygen atoms in total. The quantitative estimate of drug-likeness (QED) is 0.618. The highest BCUT2D eigenvalue weighted by Gasteiger charge is 2.00. The van der Waals surface area contributed by atoms with Crippen molar-refractivity contribution in [3.8, 4) is 10.4 Å². The van der Waals surface area contributed by atoms with Gasteiger partial charge in [0.1, 0.15) is 0 Å². The first-order chi connectivity index (χ1) is 7.43. The Morgan fingerprint density at radius 2 is 1.93 bits per heavy atom. The Morgan fingerprint density at radius 3 is 2.80 bits per heavy atom. The Kier molecular flexibility index (Phi) is 1.96. The Bertz CT molecular complexity index is 587. The molecule has 0 radical (unpaired) electrons. The fourth-order valence-corrected chi connectivity index (χ4v) is 2.21. The molecule has 3 rings (SSSR count). The van der Waals surface area contributed by atoms with Crippen molar-refractivity contribution in [2.75, 3.05) is 0 Å². The van der Waals surface area contributed by atoms with Gasteiger partial charge in [0, 0.05) is 24.0 Å². The van der Waals surface area contributed by atoms with E-state index in [2.05, 4.69) is 28.2 Å². The van der Waals surface area contributed by atoms with Crippen LogP contribution in [0.5, 0.6) is 0 Å². The maximum absolute atomic E-state index is 4.10. The zero-order valence-electron chi connectivity index (χ0n) is 7.92. The number of thiazole rings is 1. The summed E-state index contributed by atoms with van der Waals surface area (Å²) in [6.45, 7) is 0. The van der Waals surface area contributed by atoms with E-state index < -0.39 is 0 Å². The molecule has 2 aromatic heterocycles. The lowest BCUT2D eigenvalue weighted by molar-refractivity contribution is 1.36. The molecule has 2 heterocycles. The first-order valence-corrected chi connectivity index (χ1v) is 5.54. The third-order valence-corrected chi connectivity index (χ3v) is 3.18. The van der Waals surface area contributed by atoms with Crippen molar-refractivity contribution in [1.29, 1.82) is 0 Å². The molecule has 0 amide bonds. The number of nitrogens with zero attached hydrogens (tertiary/aromatic N) is 2. The minimum Gasteiger partial charge on any atom is -0.264 e. The van der Waals surface area contributed by atoms with Gasteiger partial charge in [-0.05, 0) is 23.1 Å². The van der Waals surface area contributed by atoms with Crippen LogP contribution < -0.4 is 0 Å². The summed E-state index contributed by atoms with van der Waals surface area (Å²) >= 11 is 1.66. The molecule has 0 aliphatic heterocycles. The lowest BCUT2D eigenvalue weighted by Crippen LogP contribution is -1.77. The largest absolute Gasteiger partial charge is 0.264 e. The third kappa shape index (κ3) is 1.51. The van der Waals surface area contributed by atoms with Crippen LogP contribution in [0.15, 0.2) is 48.4 Å². The molecule has 0 aliphatic rings. The van der Waals surface area contributed by atoms with Crippen molar-refractivity contribution < 1.29 is 0 Å². The van der Waals surface area contributed by atoms with Gasteiger partial charge in [-0.25, -0.2) is 0 Å². The molecule has 0 saturated heterocycles. The summed E-state index contributed by atoms with van der Waals surface area (Å²) in [5.41, 5.74) is 3.07. The highest BCUT2D eigenvalue weighted by molar-refractivity contribution is 7.13. The van der Waals surface area contributed by atoms with Crippen molar-refractivity contribution >= 4 is 22.1 Å². The van der Waals surface area contributed by atoms with E-state index in [9.17, 15) is 0 Å². The second-order valence-electron chi connectivity index (χ2n) is 3.30. The molecule has 0 saturated carbocycles. The summed E-state index contributed by atoms with van der Waals surface area (Å²) in [5, 5.41) is 2.39. The maximum atomic E-state index is 4.10. The van der Waals surface area contributed by atoms with Crippen molar-refractivity contribution in [2.45, 2.75) is 0 Å². The predicted octanol–water partition coefficient (Wildman–Crippen LogP) is 3.36. The number of aromatic nitrogens is 2. The maximum Gasteiger partial charge on any atom is 0.0797 e. The van der Waals surface area contributed by atoms with Crippen molar-refractivity contribution in [2.24, 2.45) is 0 Å². The lowest BCUT2D eigenvalue weighted by Gasteiger charge is -1.99. The lowest BCUT2D eigenvalue weighted by atomic mass is 10.1.